The number of hydrogen-bond donors (Lipinski definition) is 1. The maximum atomic E-state index is 12.7. The molecule has 2 heterocycles. The molecule has 4 aromatic rings. The number of nitrogens with zero attached hydrogens (tertiary/aromatic N) is 2. The number of nitrogens with one attached hydrogen (secondary N) is 1. The van der Waals surface area contributed by atoms with Crippen molar-refractivity contribution >= 4 is 34.7 Å². The van der Waals surface area contributed by atoms with E-state index in [1.807, 2.05) is 36.4 Å². The summed E-state index contributed by atoms with van der Waals surface area (Å²) in [4.78, 5) is 35.2. The van der Waals surface area contributed by atoms with Gasteiger partial charge in [-0.05, 0) is 42.7 Å². The molecule has 0 bridgehead atoms. The van der Waals surface area contributed by atoms with Crippen LogP contribution >= 0.6 is 22.7 Å². The molecule has 4 rings (SSSR count). The lowest BCUT2D eigenvalue weighted by Crippen LogP contribution is -2.37. The highest BCUT2D eigenvalue weighted by Gasteiger charge is 2.21. The van der Waals surface area contributed by atoms with Crippen LogP contribution < -0.4 is 5.32 Å². The van der Waals surface area contributed by atoms with Crippen LogP contribution in [0.4, 0.5) is 4.79 Å². The molecule has 0 radical (unpaired) electrons. The van der Waals surface area contributed by atoms with E-state index in [-0.39, 0.29) is 31.1 Å². The third-order valence-corrected chi connectivity index (χ3v) is 7.59. The Morgan fingerprint density at radius 1 is 0.763 bits per heavy atom. The SMILES string of the molecule is O=C(CC(CCC(Cc1ccccc1)NC(=O)OCc1cncs1)Cc1ccccc1)OCc1cncs1. The second-order valence-corrected chi connectivity index (χ2v) is 11.0. The first kappa shape index (κ1) is 27.5. The van der Waals surface area contributed by atoms with E-state index in [0.29, 0.717) is 19.3 Å². The summed E-state index contributed by atoms with van der Waals surface area (Å²) >= 11 is 2.91. The van der Waals surface area contributed by atoms with Gasteiger partial charge in [0.2, 0.25) is 0 Å². The highest BCUT2D eigenvalue weighted by atomic mass is 32.1. The summed E-state index contributed by atoms with van der Waals surface area (Å²) in [7, 11) is 0. The Bertz CT molecular complexity index is 1120. The van der Waals surface area contributed by atoms with Crippen molar-refractivity contribution in [2.75, 3.05) is 0 Å². The Labute approximate surface area is 230 Å². The van der Waals surface area contributed by atoms with E-state index < -0.39 is 6.09 Å². The summed E-state index contributed by atoms with van der Waals surface area (Å²) in [6.45, 7) is 0.433. The van der Waals surface area contributed by atoms with Gasteiger partial charge in [0.05, 0.1) is 20.8 Å². The first-order chi connectivity index (χ1) is 18.6. The van der Waals surface area contributed by atoms with Crippen molar-refractivity contribution in [1.82, 2.24) is 15.3 Å². The summed E-state index contributed by atoms with van der Waals surface area (Å²) in [5.41, 5.74) is 5.74. The van der Waals surface area contributed by atoms with Gasteiger partial charge >= 0.3 is 12.1 Å². The van der Waals surface area contributed by atoms with Gasteiger partial charge in [0.25, 0.3) is 0 Å². The summed E-state index contributed by atoms with van der Waals surface area (Å²) in [6.07, 6.45) is 6.13. The summed E-state index contributed by atoms with van der Waals surface area (Å²) in [6, 6.07) is 20.1. The molecule has 2 aromatic heterocycles. The number of esters is 1. The molecule has 1 N–H and O–H groups in total. The van der Waals surface area contributed by atoms with Crippen molar-refractivity contribution in [3.05, 3.63) is 105 Å². The first-order valence-corrected chi connectivity index (χ1v) is 14.3. The molecule has 0 fully saturated rings. The van der Waals surface area contributed by atoms with E-state index >= 15 is 0 Å². The fourth-order valence-electron chi connectivity index (χ4n) is 4.20. The molecule has 0 saturated carbocycles. The molecule has 0 aliphatic carbocycles. The molecule has 1 amide bonds. The molecular weight excluding hydrogens is 518 g/mol. The fourth-order valence-corrected chi connectivity index (χ4v) is 5.21. The minimum atomic E-state index is -0.456. The molecule has 2 unspecified atom stereocenters. The lowest BCUT2D eigenvalue weighted by molar-refractivity contribution is -0.146. The van der Waals surface area contributed by atoms with Crippen LogP contribution in [-0.4, -0.2) is 28.1 Å². The van der Waals surface area contributed by atoms with Crippen molar-refractivity contribution in [3.63, 3.8) is 0 Å². The van der Waals surface area contributed by atoms with E-state index in [0.717, 1.165) is 28.2 Å². The summed E-state index contributed by atoms with van der Waals surface area (Å²) in [5, 5.41) is 3.05. The van der Waals surface area contributed by atoms with E-state index in [2.05, 4.69) is 39.6 Å². The molecule has 9 heteroatoms. The second-order valence-electron chi connectivity index (χ2n) is 9.04. The number of thiazole rings is 2. The molecular formula is C29H31N3O4S2. The molecule has 7 nitrogen and oxygen atoms in total. The first-order valence-electron chi connectivity index (χ1n) is 12.6. The molecule has 0 aliphatic rings. The number of benzene rings is 2. The molecule has 0 aliphatic heterocycles. The van der Waals surface area contributed by atoms with Crippen molar-refractivity contribution in [3.8, 4) is 0 Å². The third-order valence-electron chi connectivity index (χ3n) is 6.08. The summed E-state index contributed by atoms with van der Waals surface area (Å²) in [5.74, 6) is -0.157. The van der Waals surface area contributed by atoms with Gasteiger partial charge in [-0.25, -0.2) is 4.79 Å². The number of carbonyl (C=O) groups is 2. The number of alkyl carbamates (subject to hydrolysis) is 1. The molecule has 0 spiro atoms. The topological polar surface area (TPSA) is 90.4 Å². The standard InChI is InChI=1S/C29H31N3O4S2/c33-28(35-18-26-16-30-20-37-26)15-24(13-22-7-3-1-4-8-22)11-12-25(14-23-9-5-2-6-10-23)32-29(34)36-19-27-17-31-21-38-27/h1-10,16-17,20-21,24-25H,11-15,18-19H2,(H,32,34). The average molecular weight is 550 g/mol. The van der Waals surface area contributed by atoms with Crippen molar-refractivity contribution in [2.24, 2.45) is 5.92 Å². The molecule has 38 heavy (non-hydrogen) atoms. The van der Waals surface area contributed by atoms with E-state index in [1.54, 1.807) is 23.4 Å². The lowest BCUT2D eigenvalue weighted by atomic mass is 9.89. The minimum Gasteiger partial charge on any atom is -0.460 e. The predicted octanol–water partition coefficient (Wildman–Crippen LogP) is 6.21. The fraction of sp³-hybridized carbons (Fsp3) is 0.310. The Hall–Kier alpha value is -3.56. The highest BCUT2D eigenvalue weighted by molar-refractivity contribution is 7.09. The van der Waals surface area contributed by atoms with Crippen LogP contribution in [0, 0.1) is 5.92 Å². The number of carbonyl (C=O) groups excluding carboxylic acids is 2. The van der Waals surface area contributed by atoms with Crippen LogP contribution in [-0.2, 0) is 40.3 Å². The van der Waals surface area contributed by atoms with Gasteiger partial charge < -0.3 is 14.8 Å². The van der Waals surface area contributed by atoms with Crippen LogP contribution in [0.25, 0.3) is 0 Å². The highest BCUT2D eigenvalue weighted by Crippen LogP contribution is 2.22. The zero-order valence-electron chi connectivity index (χ0n) is 21.0. The van der Waals surface area contributed by atoms with Gasteiger partial charge in [-0.1, -0.05) is 60.7 Å². The largest absolute Gasteiger partial charge is 0.460 e. The maximum Gasteiger partial charge on any atom is 0.407 e. The third kappa shape index (κ3) is 9.72. The van der Waals surface area contributed by atoms with Crippen molar-refractivity contribution in [2.45, 2.75) is 51.4 Å². The van der Waals surface area contributed by atoms with Gasteiger partial charge in [0.15, 0.2) is 0 Å². The number of rotatable bonds is 14. The van der Waals surface area contributed by atoms with Crippen LogP contribution in [0.1, 0.15) is 40.1 Å². The smallest absolute Gasteiger partial charge is 0.407 e. The monoisotopic (exact) mass is 549 g/mol. The number of aromatic nitrogens is 2. The Kier molecular flexibility index (Phi) is 10.8. The number of amides is 1. The van der Waals surface area contributed by atoms with Gasteiger partial charge in [0.1, 0.15) is 13.2 Å². The zero-order chi connectivity index (χ0) is 26.4. The van der Waals surface area contributed by atoms with Gasteiger partial charge in [-0.15, -0.1) is 22.7 Å². The summed E-state index contributed by atoms with van der Waals surface area (Å²) < 4.78 is 11.0. The quantitative estimate of drug-likeness (QED) is 0.188. The van der Waals surface area contributed by atoms with Crippen LogP contribution in [0.2, 0.25) is 0 Å². The van der Waals surface area contributed by atoms with Crippen LogP contribution in [0.15, 0.2) is 84.1 Å². The Morgan fingerprint density at radius 2 is 1.34 bits per heavy atom. The Morgan fingerprint density at radius 3 is 1.92 bits per heavy atom. The lowest BCUT2D eigenvalue weighted by Gasteiger charge is -2.22. The normalized spacial score (nSPS) is 12.4. The maximum absolute atomic E-state index is 12.7. The van der Waals surface area contributed by atoms with Gasteiger partial charge in [-0.2, -0.15) is 0 Å². The number of ether oxygens (including phenoxy) is 2. The molecule has 2 atom stereocenters. The van der Waals surface area contributed by atoms with Crippen molar-refractivity contribution < 1.29 is 19.1 Å². The van der Waals surface area contributed by atoms with Gasteiger partial charge in [-0.3, -0.25) is 14.8 Å². The zero-order valence-corrected chi connectivity index (χ0v) is 22.7. The minimum absolute atomic E-state index is 0.0691. The second kappa shape index (κ2) is 15.0. The average Bonchev–Trinajstić information content (AvgIpc) is 3.65. The number of hydrogen-bond acceptors (Lipinski definition) is 8. The van der Waals surface area contributed by atoms with E-state index in [9.17, 15) is 9.59 Å². The molecule has 0 saturated heterocycles. The van der Waals surface area contributed by atoms with E-state index in [1.165, 1.54) is 28.2 Å². The van der Waals surface area contributed by atoms with Crippen LogP contribution in [0.3, 0.4) is 0 Å². The van der Waals surface area contributed by atoms with E-state index in [4.69, 9.17) is 9.47 Å². The predicted molar refractivity (Wildman–Crippen MR) is 149 cm³/mol. The van der Waals surface area contributed by atoms with Crippen LogP contribution in [0.5, 0.6) is 0 Å². The van der Waals surface area contributed by atoms with Gasteiger partial charge in [0, 0.05) is 24.9 Å². The van der Waals surface area contributed by atoms with Crippen molar-refractivity contribution in [1.29, 1.82) is 0 Å². The molecule has 2 aromatic carbocycles. The molecule has 198 valence electrons. The Balaban J connectivity index is 1.38.